The SMILES string of the molecule is CCOC(=O)c1cc(N2CCCC2C(C)C)ncc1N. The number of hydrogen-bond acceptors (Lipinski definition) is 5. The van der Waals surface area contributed by atoms with Crippen molar-refractivity contribution in [2.24, 2.45) is 5.92 Å². The van der Waals surface area contributed by atoms with E-state index in [1.54, 1.807) is 19.2 Å². The zero-order valence-electron chi connectivity index (χ0n) is 12.4. The molecule has 0 aliphatic carbocycles. The van der Waals surface area contributed by atoms with Crippen molar-refractivity contribution in [1.29, 1.82) is 0 Å². The molecule has 1 unspecified atom stereocenters. The number of aromatic nitrogens is 1. The van der Waals surface area contributed by atoms with Crippen LogP contribution in [0.2, 0.25) is 0 Å². The smallest absolute Gasteiger partial charge is 0.340 e. The summed E-state index contributed by atoms with van der Waals surface area (Å²) in [6, 6.07) is 2.23. The van der Waals surface area contributed by atoms with Crippen LogP contribution in [0.25, 0.3) is 0 Å². The lowest BCUT2D eigenvalue weighted by molar-refractivity contribution is 0.0527. The van der Waals surface area contributed by atoms with E-state index in [2.05, 4.69) is 23.7 Å². The van der Waals surface area contributed by atoms with Gasteiger partial charge in [-0.15, -0.1) is 0 Å². The first-order chi connectivity index (χ1) is 9.54. The van der Waals surface area contributed by atoms with Crippen LogP contribution < -0.4 is 10.6 Å². The Morgan fingerprint density at radius 2 is 2.35 bits per heavy atom. The highest BCUT2D eigenvalue weighted by Gasteiger charge is 2.28. The van der Waals surface area contributed by atoms with Crippen molar-refractivity contribution in [3.05, 3.63) is 17.8 Å². The molecule has 0 saturated carbocycles. The van der Waals surface area contributed by atoms with Gasteiger partial charge in [0.1, 0.15) is 5.82 Å². The van der Waals surface area contributed by atoms with Crippen molar-refractivity contribution in [3.8, 4) is 0 Å². The molecule has 110 valence electrons. The van der Waals surface area contributed by atoms with E-state index in [0.717, 1.165) is 18.8 Å². The van der Waals surface area contributed by atoms with Gasteiger partial charge in [-0.05, 0) is 31.7 Å². The lowest BCUT2D eigenvalue weighted by atomic mass is 10.0. The number of ether oxygens (including phenoxy) is 1. The van der Waals surface area contributed by atoms with Gasteiger partial charge in [0, 0.05) is 12.6 Å². The number of hydrogen-bond donors (Lipinski definition) is 1. The first kappa shape index (κ1) is 14.6. The van der Waals surface area contributed by atoms with E-state index in [1.807, 2.05) is 0 Å². The monoisotopic (exact) mass is 277 g/mol. The maximum Gasteiger partial charge on any atom is 0.340 e. The summed E-state index contributed by atoms with van der Waals surface area (Å²) in [5.74, 6) is 0.996. The Kier molecular flexibility index (Phi) is 4.47. The summed E-state index contributed by atoms with van der Waals surface area (Å²) in [5, 5.41) is 0. The van der Waals surface area contributed by atoms with E-state index in [4.69, 9.17) is 10.5 Å². The van der Waals surface area contributed by atoms with Gasteiger partial charge >= 0.3 is 5.97 Å². The van der Waals surface area contributed by atoms with Gasteiger partial charge in [-0.2, -0.15) is 0 Å². The van der Waals surface area contributed by atoms with Crippen LogP contribution in [0, 0.1) is 5.92 Å². The van der Waals surface area contributed by atoms with E-state index in [-0.39, 0.29) is 5.97 Å². The van der Waals surface area contributed by atoms with Gasteiger partial charge in [0.25, 0.3) is 0 Å². The molecule has 0 aromatic carbocycles. The predicted molar refractivity (Wildman–Crippen MR) is 79.8 cm³/mol. The topological polar surface area (TPSA) is 68.5 Å². The Balaban J connectivity index is 2.29. The molecule has 1 saturated heterocycles. The molecule has 0 spiro atoms. The fraction of sp³-hybridized carbons (Fsp3) is 0.600. The molecule has 1 aromatic rings. The molecule has 2 rings (SSSR count). The number of nitrogens with zero attached hydrogens (tertiary/aromatic N) is 2. The van der Waals surface area contributed by atoms with Crippen molar-refractivity contribution >= 4 is 17.5 Å². The molecule has 0 radical (unpaired) electrons. The van der Waals surface area contributed by atoms with Crippen LogP contribution in [0.5, 0.6) is 0 Å². The number of pyridine rings is 1. The van der Waals surface area contributed by atoms with Crippen molar-refractivity contribution in [3.63, 3.8) is 0 Å². The second-order valence-electron chi connectivity index (χ2n) is 5.50. The second kappa shape index (κ2) is 6.11. The molecule has 1 aliphatic rings. The Hall–Kier alpha value is -1.78. The summed E-state index contributed by atoms with van der Waals surface area (Å²) < 4.78 is 5.04. The molecule has 2 N–H and O–H groups in total. The van der Waals surface area contributed by atoms with Crippen LogP contribution in [0.1, 0.15) is 44.0 Å². The van der Waals surface area contributed by atoms with Gasteiger partial charge in [0.15, 0.2) is 0 Å². The minimum absolute atomic E-state index is 0.342. The van der Waals surface area contributed by atoms with Crippen LogP contribution in [0.4, 0.5) is 11.5 Å². The summed E-state index contributed by atoms with van der Waals surface area (Å²) in [6.45, 7) is 7.53. The normalized spacial score (nSPS) is 18.6. The molecule has 20 heavy (non-hydrogen) atoms. The molecule has 0 amide bonds. The third-order valence-electron chi connectivity index (χ3n) is 3.78. The lowest BCUT2D eigenvalue weighted by Crippen LogP contribution is -2.34. The molecule has 0 bridgehead atoms. The van der Waals surface area contributed by atoms with Crippen molar-refractivity contribution in [1.82, 2.24) is 4.98 Å². The Morgan fingerprint density at radius 1 is 1.60 bits per heavy atom. The maximum atomic E-state index is 11.9. The molecular weight excluding hydrogens is 254 g/mol. The van der Waals surface area contributed by atoms with Gasteiger partial charge in [-0.25, -0.2) is 9.78 Å². The number of rotatable bonds is 4. The van der Waals surface area contributed by atoms with Gasteiger partial charge in [-0.3, -0.25) is 0 Å². The van der Waals surface area contributed by atoms with Crippen LogP contribution in [0.15, 0.2) is 12.3 Å². The molecule has 1 aromatic heterocycles. The third-order valence-corrected chi connectivity index (χ3v) is 3.78. The van der Waals surface area contributed by atoms with Crippen LogP contribution >= 0.6 is 0 Å². The summed E-state index contributed by atoms with van der Waals surface area (Å²) in [6.07, 6.45) is 3.87. The summed E-state index contributed by atoms with van der Waals surface area (Å²) in [5.41, 5.74) is 6.61. The Labute approximate surface area is 120 Å². The first-order valence-electron chi connectivity index (χ1n) is 7.23. The molecular formula is C15H23N3O2. The van der Waals surface area contributed by atoms with Gasteiger partial charge in [0.05, 0.1) is 24.1 Å². The Morgan fingerprint density at radius 3 is 3.00 bits per heavy atom. The van der Waals surface area contributed by atoms with Gasteiger partial charge < -0.3 is 15.4 Å². The van der Waals surface area contributed by atoms with Gasteiger partial charge in [0.2, 0.25) is 0 Å². The van der Waals surface area contributed by atoms with Gasteiger partial charge in [-0.1, -0.05) is 13.8 Å². The number of nitrogen functional groups attached to an aromatic ring is 1. The van der Waals surface area contributed by atoms with E-state index in [0.29, 0.717) is 29.8 Å². The zero-order valence-corrected chi connectivity index (χ0v) is 12.4. The molecule has 5 heteroatoms. The van der Waals surface area contributed by atoms with Crippen LogP contribution in [-0.4, -0.2) is 30.1 Å². The lowest BCUT2D eigenvalue weighted by Gasteiger charge is -2.29. The molecule has 5 nitrogen and oxygen atoms in total. The second-order valence-corrected chi connectivity index (χ2v) is 5.50. The molecule has 2 heterocycles. The average Bonchev–Trinajstić information content (AvgIpc) is 2.89. The average molecular weight is 277 g/mol. The fourth-order valence-corrected chi connectivity index (χ4v) is 2.77. The number of anilines is 2. The van der Waals surface area contributed by atoms with E-state index >= 15 is 0 Å². The summed E-state index contributed by atoms with van der Waals surface area (Å²) in [7, 11) is 0. The first-order valence-corrected chi connectivity index (χ1v) is 7.23. The van der Waals surface area contributed by atoms with E-state index in [1.165, 1.54) is 6.42 Å². The predicted octanol–water partition coefficient (Wildman–Crippen LogP) is 2.47. The zero-order chi connectivity index (χ0) is 14.7. The minimum Gasteiger partial charge on any atom is -0.462 e. The summed E-state index contributed by atoms with van der Waals surface area (Å²) in [4.78, 5) is 18.6. The highest BCUT2D eigenvalue weighted by Crippen LogP contribution is 2.30. The van der Waals surface area contributed by atoms with E-state index in [9.17, 15) is 4.79 Å². The number of nitrogens with two attached hydrogens (primary N) is 1. The fourth-order valence-electron chi connectivity index (χ4n) is 2.77. The number of carbonyl (C=O) groups excluding carboxylic acids is 1. The quantitative estimate of drug-likeness (QED) is 0.856. The van der Waals surface area contributed by atoms with Crippen molar-refractivity contribution in [2.45, 2.75) is 39.7 Å². The maximum absolute atomic E-state index is 11.9. The third kappa shape index (κ3) is 2.86. The largest absolute Gasteiger partial charge is 0.462 e. The van der Waals surface area contributed by atoms with Crippen LogP contribution in [0.3, 0.4) is 0 Å². The summed E-state index contributed by atoms with van der Waals surface area (Å²) >= 11 is 0. The molecule has 1 aliphatic heterocycles. The highest BCUT2D eigenvalue weighted by molar-refractivity contribution is 5.95. The standard InChI is InChI=1S/C15H23N3O2/c1-4-20-15(19)11-8-14(17-9-12(11)16)18-7-5-6-13(18)10(2)3/h8-10,13H,4-7,16H2,1-3H3. The van der Waals surface area contributed by atoms with Crippen molar-refractivity contribution in [2.75, 3.05) is 23.8 Å². The molecule has 1 fully saturated rings. The minimum atomic E-state index is -0.381. The number of esters is 1. The van der Waals surface area contributed by atoms with E-state index < -0.39 is 0 Å². The highest BCUT2D eigenvalue weighted by atomic mass is 16.5. The van der Waals surface area contributed by atoms with Crippen molar-refractivity contribution < 1.29 is 9.53 Å². The molecule has 1 atom stereocenters. The number of carbonyl (C=O) groups is 1. The Bertz CT molecular complexity index is 488. The van der Waals surface area contributed by atoms with Crippen LogP contribution in [-0.2, 0) is 4.74 Å².